The second-order valence-corrected chi connectivity index (χ2v) is 6.40. The minimum absolute atomic E-state index is 0.0436. The van der Waals surface area contributed by atoms with Gasteiger partial charge in [-0.05, 0) is 24.1 Å². The van der Waals surface area contributed by atoms with Crippen LogP contribution in [0.25, 0.3) is 0 Å². The van der Waals surface area contributed by atoms with Crippen molar-refractivity contribution < 1.29 is 13.5 Å². The molecule has 0 amide bonds. The van der Waals surface area contributed by atoms with Crippen LogP contribution in [0.3, 0.4) is 0 Å². The van der Waals surface area contributed by atoms with Crippen molar-refractivity contribution in [3.05, 3.63) is 35.4 Å². The Bertz CT molecular complexity index is 443. The lowest BCUT2D eigenvalue weighted by Crippen LogP contribution is -2.17. The van der Waals surface area contributed by atoms with Crippen LogP contribution in [0.5, 0.6) is 0 Å². The molecular weight excluding hydrogens is 238 g/mol. The van der Waals surface area contributed by atoms with Crippen LogP contribution >= 0.6 is 0 Å². The van der Waals surface area contributed by atoms with Crippen LogP contribution in [0.1, 0.15) is 17.5 Å². The SMILES string of the molecule is CS(=O)(=O)CCCNCc1cccc(CO)c1. The van der Waals surface area contributed by atoms with Crippen LogP contribution in [0.2, 0.25) is 0 Å². The quantitative estimate of drug-likeness (QED) is 0.706. The zero-order valence-electron chi connectivity index (χ0n) is 10.0. The lowest BCUT2D eigenvalue weighted by molar-refractivity contribution is 0.281. The minimum atomic E-state index is -2.85. The lowest BCUT2D eigenvalue weighted by atomic mass is 10.1. The second-order valence-electron chi connectivity index (χ2n) is 4.14. The minimum Gasteiger partial charge on any atom is -0.392 e. The van der Waals surface area contributed by atoms with Gasteiger partial charge in [0, 0.05) is 12.8 Å². The van der Waals surface area contributed by atoms with E-state index < -0.39 is 9.84 Å². The number of aliphatic hydroxyl groups is 1. The molecule has 0 fully saturated rings. The highest BCUT2D eigenvalue weighted by Crippen LogP contribution is 2.04. The summed E-state index contributed by atoms with van der Waals surface area (Å²) in [5.74, 6) is 0.219. The fraction of sp³-hybridized carbons (Fsp3) is 0.500. The van der Waals surface area contributed by atoms with Crippen LogP contribution < -0.4 is 5.32 Å². The van der Waals surface area contributed by atoms with Gasteiger partial charge in [0.15, 0.2) is 0 Å². The molecule has 0 saturated carbocycles. The smallest absolute Gasteiger partial charge is 0.147 e. The van der Waals surface area contributed by atoms with E-state index in [4.69, 9.17) is 5.11 Å². The summed E-state index contributed by atoms with van der Waals surface area (Å²) in [7, 11) is -2.85. The Hall–Kier alpha value is -0.910. The molecule has 0 aromatic heterocycles. The fourth-order valence-electron chi connectivity index (χ4n) is 1.53. The molecule has 1 aromatic carbocycles. The number of rotatable bonds is 7. The molecule has 5 heteroatoms. The van der Waals surface area contributed by atoms with Crippen LogP contribution in [0.4, 0.5) is 0 Å². The van der Waals surface area contributed by atoms with Gasteiger partial charge in [-0.3, -0.25) is 0 Å². The van der Waals surface area contributed by atoms with Gasteiger partial charge in [0.1, 0.15) is 9.84 Å². The molecule has 17 heavy (non-hydrogen) atoms. The predicted molar refractivity (Wildman–Crippen MR) is 68.4 cm³/mol. The summed E-state index contributed by atoms with van der Waals surface area (Å²) in [6.45, 7) is 1.41. The molecule has 0 aliphatic rings. The average molecular weight is 257 g/mol. The van der Waals surface area contributed by atoms with Gasteiger partial charge in [-0.2, -0.15) is 0 Å². The zero-order chi connectivity index (χ0) is 12.7. The molecule has 0 aliphatic heterocycles. The van der Waals surface area contributed by atoms with Crippen LogP contribution in [0.15, 0.2) is 24.3 Å². The second kappa shape index (κ2) is 6.74. The summed E-state index contributed by atoms with van der Waals surface area (Å²) in [5, 5.41) is 12.2. The van der Waals surface area contributed by atoms with E-state index in [9.17, 15) is 8.42 Å². The standard InChI is InChI=1S/C12H19NO3S/c1-17(15,16)7-3-6-13-9-11-4-2-5-12(8-11)10-14/h2,4-5,8,13-14H,3,6-7,9-10H2,1H3. The summed E-state index contributed by atoms with van der Waals surface area (Å²) in [6, 6.07) is 7.68. The topological polar surface area (TPSA) is 66.4 Å². The maximum atomic E-state index is 10.9. The van der Waals surface area contributed by atoms with Crippen molar-refractivity contribution in [3.63, 3.8) is 0 Å². The number of benzene rings is 1. The third-order valence-electron chi connectivity index (χ3n) is 2.37. The molecule has 0 unspecified atom stereocenters. The molecular formula is C12H19NO3S. The summed E-state index contributed by atoms with van der Waals surface area (Å²) in [4.78, 5) is 0. The van der Waals surface area contributed by atoms with Gasteiger partial charge in [0.25, 0.3) is 0 Å². The highest BCUT2D eigenvalue weighted by molar-refractivity contribution is 7.90. The first-order valence-electron chi connectivity index (χ1n) is 5.58. The van der Waals surface area contributed by atoms with Gasteiger partial charge in [0.2, 0.25) is 0 Å². The Labute approximate surface area is 103 Å². The molecule has 0 bridgehead atoms. The largest absolute Gasteiger partial charge is 0.392 e. The van der Waals surface area contributed by atoms with E-state index in [2.05, 4.69) is 5.32 Å². The molecule has 1 rings (SSSR count). The predicted octanol–water partition coefficient (Wildman–Crippen LogP) is 0.703. The van der Waals surface area contributed by atoms with Crippen LogP contribution in [0, 0.1) is 0 Å². The van der Waals surface area contributed by atoms with E-state index >= 15 is 0 Å². The summed E-state index contributed by atoms with van der Waals surface area (Å²) in [6.07, 6.45) is 1.87. The van der Waals surface area contributed by atoms with E-state index in [0.717, 1.165) is 11.1 Å². The summed E-state index contributed by atoms with van der Waals surface area (Å²) >= 11 is 0. The molecule has 0 heterocycles. The molecule has 0 spiro atoms. The molecule has 0 radical (unpaired) electrons. The normalized spacial score (nSPS) is 11.6. The molecule has 96 valence electrons. The number of hydrogen-bond donors (Lipinski definition) is 2. The van der Waals surface area contributed by atoms with Gasteiger partial charge >= 0.3 is 0 Å². The maximum Gasteiger partial charge on any atom is 0.147 e. The van der Waals surface area contributed by atoms with Crippen molar-refractivity contribution in [2.75, 3.05) is 18.6 Å². The van der Waals surface area contributed by atoms with Crippen LogP contribution in [-0.2, 0) is 23.0 Å². The van der Waals surface area contributed by atoms with Gasteiger partial charge in [-0.15, -0.1) is 0 Å². The summed E-state index contributed by atoms with van der Waals surface area (Å²) in [5.41, 5.74) is 1.98. The third kappa shape index (κ3) is 6.41. The number of aliphatic hydroxyl groups excluding tert-OH is 1. The van der Waals surface area contributed by atoms with E-state index in [1.54, 1.807) is 0 Å². The monoisotopic (exact) mass is 257 g/mol. The van der Waals surface area contributed by atoms with Crippen molar-refractivity contribution in [2.45, 2.75) is 19.6 Å². The van der Waals surface area contributed by atoms with Gasteiger partial charge in [0.05, 0.1) is 12.4 Å². The molecule has 2 N–H and O–H groups in total. The Morgan fingerprint density at radius 3 is 2.65 bits per heavy atom. The van der Waals surface area contributed by atoms with Crippen molar-refractivity contribution in [3.8, 4) is 0 Å². The maximum absolute atomic E-state index is 10.9. The van der Waals surface area contributed by atoms with E-state index in [-0.39, 0.29) is 12.4 Å². The first kappa shape index (κ1) is 14.2. The van der Waals surface area contributed by atoms with Crippen LogP contribution in [-0.4, -0.2) is 32.1 Å². The Morgan fingerprint density at radius 1 is 1.29 bits per heavy atom. The summed E-state index contributed by atoms with van der Waals surface area (Å²) < 4.78 is 21.8. The lowest BCUT2D eigenvalue weighted by Gasteiger charge is -2.05. The van der Waals surface area contributed by atoms with Gasteiger partial charge in [-0.25, -0.2) is 8.42 Å². The highest BCUT2D eigenvalue weighted by Gasteiger charge is 2.01. The Morgan fingerprint density at radius 2 is 2.00 bits per heavy atom. The number of nitrogens with one attached hydrogen (secondary N) is 1. The molecule has 0 aliphatic carbocycles. The first-order chi connectivity index (χ1) is 8.01. The van der Waals surface area contributed by atoms with Gasteiger partial charge in [-0.1, -0.05) is 24.3 Å². The number of sulfone groups is 1. The first-order valence-corrected chi connectivity index (χ1v) is 7.64. The van der Waals surface area contributed by atoms with E-state index in [1.165, 1.54) is 6.26 Å². The van der Waals surface area contributed by atoms with Crippen molar-refractivity contribution in [1.82, 2.24) is 5.32 Å². The molecule has 1 aromatic rings. The van der Waals surface area contributed by atoms with E-state index in [1.807, 2.05) is 24.3 Å². The van der Waals surface area contributed by atoms with Gasteiger partial charge < -0.3 is 10.4 Å². The third-order valence-corrected chi connectivity index (χ3v) is 3.40. The van der Waals surface area contributed by atoms with Crippen molar-refractivity contribution in [2.24, 2.45) is 0 Å². The number of hydrogen-bond acceptors (Lipinski definition) is 4. The highest BCUT2D eigenvalue weighted by atomic mass is 32.2. The Kier molecular flexibility index (Phi) is 5.61. The molecule has 0 saturated heterocycles. The molecule has 4 nitrogen and oxygen atoms in total. The van der Waals surface area contributed by atoms with E-state index in [0.29, 0.717) is 19.5 Å². The van der Waals surface area contributed by atoms with Crippen molar-refractivity contribution in [1.29, 1.82) is 0 Å². The molecule has 0 atom stereocenters. The van der Waals surface area contributed by atoms with Crippen molar-refractivity contribution >= 4 is 9.84 Å². The Balaban J connectivity index is 2.26. The zero-order valence-corrected chi connectivity index (χ0v) is 10.8. The average Bonchev–Trinajstić information content (AvgIpc) is 2.27. The fourth-order valence-corrected chi connectivity index (χ4v) is 2.20.